The lowest BCUT2D eigenvalue weighted by Gasteiger charge is -2.39. The minimum atomic E-state index is -0.0519. The van der Waals surface area contributed by atoms with E-state index >= 15 is 0 Å². The number of thiazole rings is 2. The van der Waals surface area contributed by atoms with E-state index in [0.29, 0.717) is 22.9 Å². The summed E-state index contributed by atoms with van der Waals surface area (Å²) in [4.78, 5) is 27.1. The smallest absolute Gasteiger partial charge is 0.227 e. The van der Waals surface area contributed by atoms with E-state index in [1.165, 1.54) is 10.3 Å². The number of rotatable bonds is 6. The number of benzene rings is 2. The van der Waals surface area contributed by atoms with Crippen molar-refractivity contribution in [1.82, 2.24) is 14.9 Å². The Hall–Kier alpha value is -2.29. The minimum absolute atomic E-state index is 0.0519. The summed E-state index contributed by atoms with van der Waals surface area (Å²) in [7, 11) is 0. The highest BCUT2D eigenvalue weighted by Gasteiger charge is 2.47. The maximum absolute atomic E-state index is 13.4. The third-order valence-corrected chi connectivity index (χ3v) is 9.90. The van der Waals surface area contributed by atoms with E-state index in [9.17, 15) is 4.79 Å². The van der Waals surface area contributed by atoms with Gasteiger partial charge in [0.1, 0.15) is 0 Å². The molecule has 190 valence electrons. The van der Waals surface area contributed by atoms with E-state index in [1.807, 2.05) is 34.0 Å². The van der Waals surface area contributed by atoms with E-state index in [4.69, 9.17) is 28.2 Å². The number of nitrogens with zero attached hydrogens (tertiary/aromatic N) is 4. The Morgan fingerprint density at radius 2 is 1.95 bits per heavy atom. The standard InChI is InChI=1S/C28H26Cl2N4OS2/c29-20-4-3-19(16-21(20)30)2-1-12-33-13-9-28(10-14-33)17-34(25(35)8-7-24-31-11-15-36-24)22-5-6-23-27(26(22)28)32-18-37-23/h1-6,11,15-16,18H,7-10,12-14,17H2/b2-1+. The monoisotopic (exact) mass is 568 g/mol. The second kappa shape index (κ2) is 10.5. The van der Waals surface area contributed by atoms with Crippen LogP contribution in [0.2, 0.25) is 10.0 Å². The molecule has 0 unspecified atom stereocenters. The first-order valence-corrected chi connectivity index (χ1v) is 14.9. The number of hydrogen-bond acceptors (Lipinski definition) is 6. The molecule has 2 aliphatic heterocycles. The molecule has 1 amide bonds. The number of hydrogen-bond donors (Lipinski definition) is 0. The Balaban J connectivity index is 1.18. The molecule has 2 aromatic heterocycles. The van der Waals surface area contributed by atoms with Crippen LogP contribution < -0.4 is 4.90 Å². The first-order chi connectivity index (χ1) is 18.0. The SMILES string of the molecule is O=C(CCc1nccs1)N1CC2(CCN(C/C=C/c3ccc(Cl)c(Cl)c3)CC2)c2c1ccc1scnc21. The lowest BCUT2D eigenvalue weighted by atomic mass is 9.74. The number of piperidine rings is 1. The van der Waals surface area contributed by atoms with Crippen LogP contribution in [0.1, 0.15) is 35.4 Å². The van der Waals surface area contributed by atoms with Crippen molar-refractivity contribution in [3.05, 3.63) is 79.7 Å². The summed E-state index contributed by atoms with van der Waals surface area (Å²) in [5, 5.41) is 4.12. The molecule has 1 fully saturated rings. The number of carbonyl (C=O) groups excluding carboxylic acids is 1. The van der Waals surface area contributed by atoms with Gasteiger partial charge in [0.25, 0.3) is 0 Å². The molecular weight excluding hydrogens is 543 g/mol. The van der Waals surface area contributed by atoms with Gasteiger partial charge in [-0.05, 0) is 55.8 Å². The molecule has 1 saturated heterocycles. The molecule has 0 radical (unpaired) electrons. The van der Waals surface area contributed by atoms with Crippen molar-refractivity contribution in [2.45, 2.75) is 31.1 Å². The molecule has 4 heterocycles. The van der Waals surface area contributed by atoms with Gasteiger partial charge in [-0.1, -0.05) is 41.4 Å². The van der Waals surface area contributed by atoms with Crippen molar-refractivity contribution >= 4 is 73.8 Å². The Morgan fingerprint density at radius 1 is 1.08 bits per heavy atom. The van der Waals surface area contributed by atoms with Gasteiger partial charge in [-0.2, -0.15) is 0 Å². The van der Waals surface area contributed by atoms with E-state index < -0.39 is 0 Å². The van der Waals surface area contributed by atoms with Crippen LogP contribution in [0.3, 0.4) is 0 Å². The largest absolute Gasteiger partial charge is 0.311 e. The lowest BCUT2D eigenvalue weighted by molar-refractivity contribution is -0.118. The molecule has 0 bridgehead atoms. The van der Waals surface area contributed by atoms with Crippen molar-refractivity contribution in [3.63, 3.8) is 0 Å². The molecular formula is C28H26Cl2N4OS2. The zero-order valence-electron chi connectivity index (χ0n) is 20.2. The van der Waals surface area contributed by atoms with E-state index in [1.54, 1.807) is 28.9 Å². The Labute approximate surface area is 234 Å². The average molecular weight is 570 g/mol. The zero-order valence-corrected chi connectivity index (χ0v) is 23.3. The van der Waals surface area contributed by atoms with Gasteiger partial charge >= 0.3 is 0 Å². The van der Waals surface area contributed by atoms with Gasteiger partial charge in [0.2, 0.25) is 5.91 Å². The topological polar surface area (TPSA) is 49.3 Å². The van der Waals surface area contributed by atoms with Crippen molar-refractivity contribution in [1.29, 1.82) is 0 Å². The second-order valence-corrected chi connectivity index (χ2v) is 12.4. The summed E-state index contributed by atoms with van der Waals surface area (Å²) in [5.74, 6) is 0.176. The van der Waals surface area contributed by atoms with Crippen molar-refractivity contribution in [2.75, 3.05) is 31.1 Å². The van der Waals surface area contributed by atoms with Crippen LogP contribution in [0.15, 0.2) is 53.5 Å². The van der Waals surface area contributed by atoms with Gasteiger partial charge < -0.3 is 4.90 Å². The Kier molecular flexibility index (Phi) is 7.07. The van der Waals surface area contributed by atoms with Gasteiger partial charge in [-0.15, -0.1) is 22.7 Å². The van der Waals surface area contributed by atoms with Gasteiger partial charge in [0, 0.05) is 54.2 Å². The molecule has 0 atom stereocenters. The van der Waals surface area contributed by atoms with Crippen LogP contribution in [-0.4, -0.2) is 47.0 Å². The van der Waals surface area contributed by atoms with Crippen LogP contribution >= 0.6 is 45.9 Å². The highest BCUT2D eigenvalue weighted by Crippen LogP contribution is 2.50. The maximum Gasteiger partial charge on any atom is 0.227 e. The molecule has 0 aliphatic carbocycles. The van der Waals surface area contributed by atoms with Crippen LogP contribution in [0.4, 0.5) is 5.69 Å². The molecule has 6 rings (SSSR count). The number of halogens is 2. The normalized spacial score (nSPS) is 17.3. The van der Waals surface area contributed by atoms with Crippen molar-refractivity contribution in [3.8, 4) is 0 Å². The predicted octanol–water partition coefficient (Wildman–Crippen LogP) is 7.09. The number of amides is 1. The average Bonchev–Trinajstić information content (AvgIpc) is 3.65. The fourth-order valence-electron chi connectivity index (χ4n) is 5.61. The number of likely N-dealkylation sites (tertiary alicyclic amines) is 1. The van der Waals surface area contributed by atoms with E-state index in [-0.39, 0.29) is 11.3 Å². The number of carbonyl (C=O) groups is 1. The summed E-state index contributed by atoms with van der Waals surface area (Å²) >= 11 is 15.5. The van der Waals surface area contributed by atoms with E-state index in [2.05, 4.69) is 34.2 Å². The number of fused-ring (bicyclic) bond motifs is 4. The summed E-state index contributed by atoms with van der Waals surface area (Å²) in [6.45, 7) is 3.57. The van der Waals surface area contributed by atoms with Gasteiger partial charge in [0.15, 0.2) is 0 Å². The van der Waals surface area contributed by atoms with Crippen LogP contribution in [0, 0.1) is 0 Å². The molecule has 0 saturated carbocycles. The molecule has 0 N–H and O–H groups in total. The lowest BCUT2D eigenvalue weighted by Crippen LogP contribution is -2.46. The molecule has 2 aromatic carbocycles. The second-order valence-electron chi connectivity index (χ2n) is 9.72. The van der Waals surface area contributed by atoms with Gasteiger partial charge in [-0.3, -0.25) is 9.69 Å². The minimum Gasteiger partial charge on any atom is -0.311 e. The molecule has 2 aliphatic rings. The fourth-order valence-corrected chi connectivity index (χ4v) is 7.22. The summed E-state index contributed by atoms with van der Waals surface area (Å²) in [6.07, 6.45) is 9.27. The third kappa shape index (κ3) is 4.95. The number of aryl methyl sites for hydroxylation is 1. The summed E-state index contributed by atoms with van der Waals surface area (Å²) < 4.78 is 1.20. The van der Waals surface area contributed by atoms with Crippen LogP contribution in [-0.2, 0) is 16.6 Å². The molecule has 1 spiro atoms. The van der Waals surface area contributed by atoms with E-state index in [0.717, 1.165) is 60.8 Å². The first-order valence-electron chi connectivity index (χ1n) is 12.4. The molecule has 9 heteroatoms. The van der Waals surface area contributed by atoms with Crippen molar-refractivity contribution in [2.24, 2.45) is 0 Å². The highest BCUT2D eigenvalue weighted by atomic mass is 35.5. The van der Waals surface area contributed by atoms with Crippen molar-refractivity contribution < 1.29 is 4.79 Å². The Bertz CT molecular complexity index is 1460. The molecule has 37 heavy (non-hydrogen) atoms. The quantitative estimate of drug-likeness (QED) is 0.249. The summed E-state index contributed by atoms with van der Waals surface area (Å²) in [6, 6.07) is 9.95. The summed E-state index contributed by atoms with van der Waals surface area (Å²) in [5.41, 5.74) is 6.32. The Morgan fingerprint density at radius 3 is 2.73 bits per heavy atom. The van der Waals surface area contributed by atoms with Gasteiger partial charge in [0.05, 0.1) is 30.8 Å². The third-order valence-electron chi connectivity index (χ3n) is 7.53. The first kappa shape index (κ1) is 25.0. The number of aromatic nitrogens is 2. The molecule has 5 nitrogen and oxygen atoms in total. The predicted molar refractivity (Wildman–Crippen MR) is 155 cm³/mol. The number of anilines is 1. The fraction of sp³-hybridized carbons (Fsp3) is 0.321. The van der Waals surface area contributed by atoms with Gasteiger partial charge in [-0.25, -0.2) is 9.97 Å². The maximum atomic E-state index is 13.4. The highest BCUT2D eigenvalue weighted by molar-refractivity contribution is 7.16. The van der Waals surface area contributed by atoms with Crippen LogP contribution in [0.5, 0.6) is 0 Å². The van der Waals surface area contributed by atoms with Crippen LogP contribution in [0.25, 0.3) is 16.3 Å². The molecule has 4 aromatic rings. The zero-order chi connectivity index (χ0) is 25.4.